The van der Waals surface area contributed by atoms with Crippen molar-refractivity contribution in [3.8, 4) is 0 Å². The molecule has 25 heavy (non-hydrogen) atoms. The van der Waals surface area contributed by atoms with Crippen LogP contribution in [-0.4, -0.2) is 24.5 Å². The van der Waals surface area contributed by atoms with Gasteiger partial charge in [0.2, 0.25) is 6.10 Å². The summed E-state index contributed by atoms with van der Waals surface area (Å²) in [7, 11) is 0. The fourth-order valence-electron chi connectivity index (χ4n) is 2.23. The second kappa shape index (κ2) is 8.63. The minimum atomic E-state index is -1.23. The number of nitrogens with one attached hydrogen (secondary N) is 2. The Kier molecular flexibility index (Phi) is 6.28. The highest BCUT2D eigenvalue weighted by molar-refractivity contribution is 5.99. The summed E-state index contributed by atoms with van der Waals surface area (Å²) >= 11 is 0. The summed E-state index contributed by atoms with van der Waals surface area (Å²) < 4.78 is 5.39. The van der Waals surface area contributed by atoms with Gasteiger partial charge in [-0.2, -0.15) is 0 Å². The maximum atomic E-state index is 12.4. The number of imide groups is 1. The molecule has 0 saturated carbocycles. The van der Waals surface area contributed by atoms with Crippen molar-refractivity contribution in [3.63, 3.8) is 0 Å². The molecule has 2 N–H and O–H groups in total. The van der Waals surface area contributed by atoms with Gasteiger partial charge in [0.1, 0.15) is 0 Å². The molecule has 2 aromatic rings. The molecule has 0 unspecified atom stereocenters. The van der Waals surface area contributed by atoms with E-state index in [9.17, 15) is 14.4 Å². The molecular formula is C19H20N2O4. The predicted molar refractivity (Wildman–Crippen MR) is 93.0 cm³/mol. The summed E-state index contributed by atoms with van der Waals surface area (Å²) in [6.07, 6.45) is -1.23. The Morgan fingerprint density at radius 1 is 1.04 bits per heavy atom. The lowest BCUT2D eigenvalue weighted by atomic mass is 10.1. The van der Waals surface area contributed by atoms with E-state index in [-0.39, 0.29) is 0 Å². The van der Waals surface area contributed by atoms with E-state index in [1.807, 2.05) is 13.0 Å². The first-order valence-corrected chi connectivity index (χ1v) is 7.92. The van der Waals surface area contributed by atoms with Gasteiger partial charge in [-0.05, 0) is 26.0 Å². The van der Waals surface area contributed by atoms with Gasteiger partial charge >= 0.3 is 12.0 Å². The van der Waals surface area contributed by atoms with Gasteiger partial charge in [-0.1, -0.05) is 48.0 Å². The summed E-state index contributed by atoms with van der Waals surface area (Å²) in [5.74, 6) is -1.35. The molecule has 0 heterocycles. The predicted octanol–water partition coefficient (Wildman–Crippen LogP) is 2.74. The molecule has 0 bridgehead atoms. The Bertz CT molecular complexity index is 759. The van der Waals surface area contributed by atoms with Gasteiger partial charge in [-0.15, -0.1) is 0 Å². The lowest BCUT2D eigenvalue weighted by molar-refractivity contribution is -0.129. The molecule has 2 aromatic carbocycles. The van der Waals surface area contributed by atoms with E-state index < -0.39 is 24.0 Å². The van der Waals surface area contributed by atoms with Gasteiger partial charge in [0, 0.05) is 12.1 Å². The number of rotatable bonds is 5. The lowest BCUT2D eigenvalue weighted by Crippen LogP contribution is -2.42. The van der Waals surface area contributed by atoms with Crippen LogP contribution in [0.25, 0.3) is 0 Å². The molecular weight excluding hydrogens is 320 g/mol. The highest BCUT2D eigenvalue weighted by atomic mass is 16.5. The topological polar surface area (TPSA) is 84.5 Å². The summed E-state index contributed by atoms with van der Waals surface area (Å²) in [6.45, 7) is 3.96. The number of hydrogen-bond donors (Lipinski definition) is 2. The van der Waals surface area contributed by atoms with Crippen molar-refractivity contribution in [3.05, 3.63) is 71.3 Å². The van der Waals surface area contributed by atoms with Crippen LogP contribution < -0.4 is 10.6 Å². The molecule has 0 aromatic heterocycles. The van der Waals surface area contributed by atoms with Crippen LogP contribution >= 0.6 is 0 Å². The van der Waals surface area contributed by atoms with Gasteiger partial charge in [0.15, 0.2) is 0 Å². The first kappa shape index (κ1) is 18.2. The third-order valence-electron chi connectivity index (χ3n) is 3.39. The average molecular weight is 340 g/mol. The van der Waals surface area contributed by atoms with Gasteiger partial charge < -0.3 is 10.1 Å². The Labute approximate surface area is 146 Å². The van der Waals surface area contributed by atoms with Crippen LogP contribution in [0.15, 0.2) is 54.6 Å². The summed E-state index contributed by atoms with van der Waals surface area (Å²) in [5, 5.41) is 4.65. The SMILES string of the molecule is CCNC(=O)NC(=O)[C@@H](OC(=O)c1cccc(C)c1)c1ccccc1. The molecule has 1 atom stereocenters. The van der Waals surface area contributed by atoms with E-state index in [0.29, 0.717) is 17.7 Å². The molecule has 6 nitrogen and oxygen atoms in total. The van der Waals surface area contributed by atoms with Gasteiger partial charge in [-0.25, -0.2) is 9.59 Å². The fraction of sp³-hybridized carbons (Fsp3) is 0.211. The van der Waals surface area contributed by atoms with Crippen molar-refractivity contribution >= 4 is 17.9 Å². The van der Waals surface area contributed by atoms with Gasteiger partial charge in [-0.3, -0.25) is 10.1 Å². The molecule has 130 valence electrons. The summed E-state index contributed by atoms with van der Waals surface area (Å²) in [6, 6.07) is 14.8. The van der Waals surface area contributed by atoms with Crippen LogP contribution in [0, 0.1) is 6.92 Å². The van der Waals surface area contributed by atoms with Crippen molar-refractivity contribution in [2.24, 2.45) is 0 Å². The molecule has 3 amide bonds. The molecule has 0 aliphatic carbocycles. The number of urea groups is 1. The zero-order valence-corrected chi connectivity index (χ0v) is 14.1. The van der Waals surface area contributed by atoms with E-state index in [4.69, 9.17) is 4.74 Å². The minimum absolute atomic E-state index is 0.340. The molecule has 0 aliphatic heterocycles. The molecule has 6 heteroatoms. The smallest absolute Gasteiger partial charge is 0.339 e. The summed E-state index contributed by atoms with van der Waals surface area (Å²) in [5.41, 5.74) is 1.72. The highest BCUT2D eigenvalue weighted by Gasteiger charge is 2.27. The number of aryl methyl sites for hydroxylation is 1. The molecule has 0 fully saturated rings. The largest absolute Gasteiger partial charge is 0.444 e. The Hall–Kier alpha value is -3.15. The van der Waals surface area contributed by atoms with Crippen molar-refractivity contribution < 1.29 is 19.1 Å². The first-order chi connectivity index (χ1) is 12.0. The lowest BCUT2D eigenvalue weighted by Gasteiger charge is -2.18. The third kappa shape index (κ3) is 5.17. The average Bonchev–Trinajstić information content (AvgIpc) is 2.60. The van der Waals surface area contributed by atoms with Crippen LogP contribution in [-0.2, 0) is 9.53 Å². The van der Waals surface area contributed by atoms with Crippen LogP contribution in [0.1, 0.15) is 34.5 Å². The zero-order chi connectivity index (χ0) is 18.2. The number of benzene rings is 2. The van der Waals surface area contributed by atoms with Crippen LogP contribution in [0.5, 0.6) is 0 Å². The van der Waals surface area contributed by atoms with Crippen molar-refractivity contribution in [2.45, 2.75) is 20.0 Å². The second-order valence-electron chi connectivity index (χ2n) is 5.41. The van der Waals surface area contributed by atoms with Gasteiger partial charge in [0.05, 0.1) is 5.56 Å². The first-order valence-electron chi connectivity index (χ1n) is 7.92. The van der Waals surface area contributed by atoms with Crippen LogP contribution in [0.2, 0.25) is 0 Å². The molecule has 0 radical (unpaired) electrons. The number of esters is 1. The maximum Gasteiger partial charge on any atom is 0.339 e. The number of carbonyl (C=O) groups is 3. The summed E-state index contributed by atoms with van der Waals surface area (Å²) in [4.78, 5) is 36.4. The standard InChI is InChI=1S/C19H20N2O4/c1-3-20-19(24)21-17(22)16(14-9-5-4-6-10-14)25-18(23)15-11-7-8-13(2)12-15/h4-12,16H,3H2,1-2H3,(H2,20,21,22,24)/t16-/m0/s1. The van der Waals surface area contributed by atoms with Crippen molar-refractivity contribution in [1.82, 2.24) is 10.6 Å². The molecule has 2 rings (SSSR count). The van der Waals surface area contributed by atoms with E-state index in [1.54, 1.807) is 55.5 Å². The number of amides is 3. The zero-order valence-electron chi connectivity index (χ0n) is 14.1. The normalized spacial score (nSPS) is 11.3. The Morgan fingerprint density at radius 3 is 2.40 bits per heavy atom. The number of ether oxygens (including phenoxy) is 1. The van der Waals surface area contributed by atoms with Crippen LogP contribution in [0.4, 0.5) is 4.79 Å². The van der Waals surface area contributed by atoms with Crippen LogP contribution in [0.3, 0.4) is 0 Å². The second-order valence-corrected chi connectivity index (χ2v) is 5.41. The maximum absolute atomic E-state index is 12.4. The molecule has 0 saturated heterocycles. The molecule has 0 spiro atoms. The van der Waals surface area contributed by atoms with E-state index in [1.165, 1.54) is 0 Å². The van der Waals surface area contributed by atoms with Gasteiger partial charge in [0.25, 0.3) is 5.91 Å². The quantitative estimate of drug-likeness (QED) is 0.820. The number of hydrogen-bond acceptors (Lipinski definition) is 4. The highest BCUT2D eigenvalue weighted by Crippen LogP contribution is 2.20. The molecule has 0 aliphatic rings. The van der Waals surface area contributed by atoms with E-state index in [0.717, 1.165) is 5.56 Å². The monoisotopic (exact) mass is 340 g/mol. The van der Waals surface area contributed by atoms with Crippen molar-refractivity contribution in [2.75, 3.05) is 6.54 Å². The Balaban J connectivity index is 2.21. The fourth-order valence-corrected chi connectivity index (χ4v) is 2.23. The third-order valence-corrected chi connectivity index (χ3v) is 3.39. The minimum Gasteiger partial charge on any atom is -0.444 e. The number of carbonyl (C=O) groups excluding carboxylic acids is 3. The van der Waals surface area contributed by atoms with E-state index in [2.05, 4.69) is 10.6 Å². The van der Waals surface area contributed by atoms with Crippen molar-refractivity contribution in [1.29, 1.82) is 0 Å². The van der Waals surface area contributed by atoms with E-state index >= 15 is 0 Å². The Morgan fingerprint density at radius 2 is 1.76 bits per heavy atom.